The van der Waals surface area contributed by atoms with E-state index in [1.807, 2.05) is 12.1 Å². The molecule has 0 amide bonds. The minimum Gasteiger partial charge on any atom is -0.497 e. The Morgan fingerprint density at radius 3 is 2.41 bits per heavy atom. The third kappa shape index (κ3) is 5.01. The third-order valence-electron chi connectivity index (χ3n) is 7.03. The van der Waals surface area contributed by atoms with Crippen molar-refractivity contribution in [3.63, 3.8) is 0 Å². The predicted octanol–water partition coefficient (Wildman–Crippen LogP) is 6.92. The summed E-state index contributed by atoms with van der Waals surface area (Å²) >= 11 is 0. The van der Waals surface area contributed by atoms with Crippen molar-refractivity contribution < 1.29 is 4.74 Å². The van der Waals surface area contributed by atoms with E-state index in [1.54, 1.807) is 7.11 Å². The fourth-order valence-corrected chi connectivity index (χ4v) is 5.02. The van der Waals surface area contributed by atoms with E-state index >= 15 is 0 Å². The third-order valence-corrected chi connectivity index (χ3v) is 7.03. The number of methoxy groups -OCH3 is 1. The Morgan fingerprint density at radius 2 is 1.68 bits per heavy atom. The van der Waals surface area contributed by atoms with Gasteiger partial charge in [-0.1, -0.05) is 74.4 Å². The Morgan fingerprint density at radius 1 is 0.941 bits per heavy atom. The normalized spacial score (nSPS) is 18.1. The molecule has 1 fully saturated rings. The molecular weight excluding hydrogens is 418 g/mol. The highest BCUT2D eigenvalue weighted by molar-refractivity contribution is 6.01. The molecular formula is C30H33N3O. The molecule has 1 unspecified atom stereocenters. The first-order valence-corrected chi connectivity index (χ1v) is 12.3. The fourth-order valence-electron chi connectivity index (χ4n) is 5.02. The molecule has 0 spiro atoms. The van der Waals surface area contributed by atoms with Gasteiger partial charge < -0.3 is 15.4 Å². The van der Waals surface area contributed by atoms with Gasteiger partial charge in [0.2, 0.25) is 0 Å². The number of hydrogen-bond donors (Lipinski definition) is 2. The summed E-state index contributed by atoms with van der Waals surface area (Å²) in [6, 6.07) is 25.7. The summed E-state index contributed by atoms with van der Waals surface area (Å²) in [4.78, 5) is 4.76. The van der Waals surface area contributed by atoms with Gasteiger partial charge in [-0.25, -0.2) is 0 Å². The molecule has 174 valence electrons. The minimum absolute atomic E-state index is 0.176. The topological polar surface area (TPSA) is 45.7 Å². The van der Waals surface area contributed by atoms with E-state index in [0.29, 0.717) is 0 Å². The van der Waals surface area contributed by atoms with Crippen LogP contribution in [0.3, 0.4) is 0 Å². The van der Waals surface area contributed by atoms with E-state index < -0.39 is 0 Å². The lowest BCUT2D eigenvalue weighted by atomic mass is 9.84. The number of ether oxygens (including phenoxy) is 1. The summed E-state index contributed by atoms with van der Waals surface area (Å²) in [6.07, 6.45) is 6.75. The molecule has 0 bridgehead atoms. The van der Waals surface area contributed by atoms with Gasteiger partial charge >= 0.3 is 0 Å². The fraction of sp³-hybridized carbons (Fsp3) is 0.300. The molecule has 1 aliphatic heterocycles. The Kier molecular flexibility index (Phi) is 6.66. The first-order chi connectivity index (χ1) is 16.7. The van der Waals surface area contributed by atoms with Gasteiger partial charge in [0.05, 0.1) is 19.7 Å². The first kappa shape index (κ1) is 22.3. The number of nitrogens with one attached hydrogen (secondary N) is 2. The highest BCUT2D eigenvalue weighted by atomic mass is 16.5. The zero-order valence-electron chi connectivity index (χ0n) is 19.9. The van der Waals surface area contributed by atoms with Crippen LogP contribution in [0.15, 0.2) is 84.4 Å². The molecule has 4 nitrogen and oxygen atoms in total. The van der Waals surface area contributed by atoms with E-state index in [9.17, 15) is 0 Å². The lowest BCUT2D eigenvalue weighted by Gasteiger charge is -2.22. The SMILES string of the molecule is C=C(Nc1cccc(C2=NCC(c3ccc(OC)cc3)N2)c1)c1ccc(C2CCCCC2)cc1. The zero-order chi connectivity index (χ0) is 23.3. The molecule has 3 aromatic carbocycles. The monoisotopic (exact) mass is 451 g/mol. The number of benzene rings is 3. The summed E-state index contributed by atoms with van der Waals surface area (Å²) in [5, 5.41) is 7.06. The van der Waals surface area contributed by atoms with Crippen LogP contribution < -0.4 is 15.4 Å². The van der Waals surface area contributed by atoms with Gasteiger partial charge in [-0.15, -0.1) is 0 Å². The summed E-state index contributed by atoms with van der Waals surface area (Å²) in [7, 11) is 1.69. The van der Waals surface area contributed by atoms with Gasteiger partial charge in [-0.05, 0) is 59.7 Å². The molecule has 0 aromatic heterocycles. The van der Waals surface area contributed by atoms with Crippen molar-refractivity contribution in [1.82, 2.24) is 5.32 Å². The molecule has 2 aliphatic rings. The number of aliphatic imine (C=N–C) groups is 1. The lowest BCUT2D eigenvalue weighted by Crippen LogP contribution is -2.24. The van der Waals surface area contributed by atoms with Crippen molar-refractivity contribution in [2.45, 2.75) is 44.1 Å². The van der Waals surface area contributed by atoms with Crippen LogP contribution in [0.1, 0.15) is 66.3 Å². The number of nitrogens with zero attached hydrogens (tertiary/aromatic N) is 1. The number of rotatable bonds is 7. The van der Waals surface area contributed by atoms with E-state index in [0.717, 1.165) is 46.6 Å². The second-order valence-corrected chi connectivity index (χ2v) is 9.30. The van der Waals surface area contributed by atoms with Gasteiger partial charge in [-0.2, -0.15) is 0 Å². The molecule has 4 heteroatoms. The Labute approximate surface area is 202 Å². The largest absolute Gasteiger partial charge is 0.497 e. The number of anilines is 1. The van der Waals surface area contributed by atoms with Crippen molar-refractivity contribution in [3.05, 3.63) is 102 Å². The van der Waals surface area contributed by atoms with E-state index in [4.69, 9.17) is 9.73 Å². The van der Waals surface area contributed by atoms with Gasteiger partial charge in [0.15, 0.2) is 0 Å². The molecule has 1 aliphatic carbocycles. The van der Waals surface area contributed by atoms with Crippen molar-refractivity contribution >= 4 is 17.2 Å². The van der Waals surface area contributed by atoms with Crippen LogP contribution in [0.2, 0.25) is 0 Å². The van der Waals surface area contributed by atoms with Crippen LogP contribution in [0.5, 0.6) is 5.75 Å². The zero-order valence-corrected chi connectivity index (χ0v) is 19.9. The van der Waals surface area contributed by atoms with Crippen LogP contribution in [0, 0.1) is 0 Å². The van der Waals surface area contributed by atoms with Crippen molar-refractivity contribution in [2.24, 2.45) is 4.99 Å². The summed E-state index contributed by atoms with van der Waals surface area (Å²) < 4.78 is 5.27. The van der Waals surface area contributed by atoms with Crippen molar-refractivity contribution in [2.75, 3.05) is 19.0 Å². The average molecular weight is 452 g/mol. The summed E-state index contributed by atoms with van der Waals surface area (Å²) in [5.41, 5.74) is 6.79. The van der Waals surface area contributed by atoms with Crippen LogP contribution >= 0.6 is 0 Å². The molecule has 1 saturated carbocycles. The van der Waals surface area contributed by atoms with Crippen LogP contribution in [-0.4, -0.2) is 19.5 Å². The number of hydrogen-bond acceptors (Lipinski definition) is 4. The smallest absolute Gasteiger partial charge is 0.128 e. The number of amidine groups is 1. The molecule has 0 saturated heterocycles. The van der Waals surface area contributed by atoms with Crippen molar-refractivity contribution in [1.29, 1.82) is 0 Å². The summed E-state index contributed by atoms with van der Waals surface area (Å²) in [5.74, 6) is 2.51. The maximum atomic E-state index is 5.27. The van der Waals surface area contributed by atoms with E-state index in [1.165, 1.54) is 43.2 Å². The standard InChI is InChI=1S/C30H33N3O/c1-21(22-11-13-24(14-12-22)23-7-4-3-5-8-23)32-27-10-6-9-26(19-27)30-31-20-29(33-30)25-15-17-28(34-2)18-16-25/h6,9-19,23,29,32H,1,3-5,7-8,20H2,2H3,(H,31,33). The van der Waals surface area contributed by atoms with Crippen molar-refractivity contribution in [3.8, 4) is 5.75 Å². The molecule has 1 heterocycles. The Balaban J connectivity index is 1.22. The predicted molar refractivity (Wildman–Crippen MR) is 142 cm³/mol. The molecule has 34 heavy (non-hydrogen) atoms. The molecule has 0 radical (unpaired) electrons. The molecule has 1 atom stereocenters. The van der Waals surface area contributed by atoms with Gasteiger partial charge in [0, 0.05) is 16.9 Å². The lowest BCUT2D eigenvalue weighted by molar-refractivity contribution is 0.414. The molecule has 5 rings (SSSR count). The minimum atomic E-state index is 0.176. The first-order valence-electron chi connectivity index (χ1n) is 12.3. The van der Waals surface area contributed by atoms with Gasteiger partial charge in [0.25, 0.3) is 0 Å². The van der Waals surface area contributed by atoms with Gasteiger partial charge in [-0.3, -0.25) is 4.99 Å². The highest BCUT2D eigenvalue weighted by Crippen LogP contribution is 2.33. The molecule has 2 N–H and O–H groups in total. The average Bonchev–Trinajstić information content (AvgIpc) is 3.40. The van der Waals surface area contributed by atoms with Crippen LogP contribution in [0.25, 0.3) is 5.70 Å². The molecule has 3 aromatic rings. The maximum Gasteiger partial charge on any atom is 0.128 e. The quantitative estimate of drug-likeness (QED) is 0.410. The second kappa shape index (κ2) is 10.2. The van der Waals surface area contributed by atoms with E-state index in [-0.39, 0.29) is 6.04 Å². The van der Waals surface area contributed by atoms with Gasteiger partial charge in [0.1, 0.15) is 11.6 Å². The Bertz CT molecular complexity index is 1160. The summed E-state index contributed by atoms with van der Waals surface area (Å²) in [6.45, 7) is 5.01. The maximum absolute atomic E-state index is 5.27. The second-order valence-electron chi connectivity index (χ2n) is 9.30. The Hall–Kier alpha value is -3.53. The highest BCUT2D eigenvalue weighted by Gasteiger charge is 2.20. The van der Waals surface area contributed by atoms with E-state index in [2.05, 4.69) is 77.9 Å². The van der Waals surface area contributed by atoms with Crippen LogP contribution in [0.4, 0.5) is 5.69 Å². The van der Waals surface area contributed by atoms with Crippen LogP contribution in [-0.2, 0) is 0 Å².